The Kier molecular flexibility index (Phi) is 9.21. The van der Waals surface area contributed by atoms with Crippen molar-refractivity contribution in [1.29, 1.82) is 0 Å². The van der Waals surface area contributed by atoms with E-state index in [-0.39, 0.29) is 25.1 Å². The van der Waals surface area contributed by atoms with Crippen LogP contribution in [0.5, 0.6) is 5.75 Å². The molecular formula is C16H24Cl2N2O4. The second kappa shape index (κ2) is 10.6. The molecule has 6 nitrogen and oxygen atoms in total. The highest BCUT2D eigenvalue weighted by Crippen LogP contribution is 2.15. The summed E-state index contributed by atoms with van der Waals surface area (Å²) in [7, 11) is 0. The first-order valence-corrected chi connectivity index (χ1v) is 8.16. The molecule has 136 valence electrons. The Morgan fingerprint density at radius 3 is 2.46 bits per heavy atom. The second-order valence-corrected chi connectivity index (χ2v) is 5.84. The molecule has 0 bridgehead atoms. The van der Waals surface area contributed by atoms with Crippen LogP contribution in [-0.4, -0.2) is 73.0 Å². The quantitative estimate of drug-likeness (QED) is 0.822. The predicted molar refractivity (Wildman–Crippen MR) is 95.2 cm³/mol. The van der Waals surface area contributed by atoms with Crippen LogP contribution in [-0.2, 0) is 4.74 Å². The third-order valence-electron chi connectivity index (χ3n) is 3.62. The number of aliphatic hydroxyl groups excluding tert-OH is 1. The fourth-order valence-corrected chi connectivity index (χ4v) is 2.53. The number of hydrogen-bond acceptors (Lipinski definition) is 5. The Hall–Kier alpha value is -1.21. The fraction of sp³-hybridized carbons (Fsp3) is 0.562. The second-order valence-electron chi connectivity index (χ2n) is 5.41. The third-order valence-corrected chi connectivity index (χ3v) is 3.88. The van der Waals surface area contributed by atoms with Gasteiger partial charge in [0.1, 0.15) is 18.5 Å². The lowest BCUT2D eigenvalue weighted by Crippen LogP contribution is -2.51. The highest BCUT2D eigenvalue weighted by atomic mass is 35.5. The maximum atomic E-state index is 11.6. The van der Waals surface area contributed by atoms with E-state index >= 15 is 0 Å². The van der Waals surface area contributed by atoms with Crippen molar-refractivity contribution in [3.05, 3.63) is 29.3 Å². The van der Waals surface area contributed by atoms with Crippen molar-refractivity contribution in [3.8, 4) is 5.75 Å². The van der Waals surface area contributed by atoms with Gasteiger partial charge in [-0.2, -0.15) is 0 Å². The van der Waals surface area contributed by atoms with E-state index in [4.69, 9.17) is 21.1 Å². The van der Waals surface area contributed by atoms with Gasteiger partial charge in [-0.1, -0.05) is 11.6 Å². The zero-order valence-electron chi connectivity index (χ0n) is 13.7. The number of hydrogen-bond donors (Lipinski definition) is 1. The minimum atomic E-state index is -0.583. The average molecular weight is 379 g/mol. The molecule has 1 unspecified atom stereocenters. The Balaban J connectivity index is 0.00000288. The van der Waals surface area contributed by atoms with E-state index < -0.39 is 6.10 Å². The summed E-state index contributed by atoms with van der Waals surface area (Å²) in [6.07, 6.45) is -0.849. The predicted octanol–water partition coefficient (Wildman–Crippen LogP) is 2.28. The lowest BCUT2D eigenvalue weighted by molar-refractivity contribution is 0.0408. The van der Waals surface area contributed by atoms with Crippen LogP contribution in [0, 0.1) is 0 Å². The topological polar surface area (TPSA) is 62.2 Å². The number of nitrogens with zero attached hydrogens (tertiary/aromatic N) is 2. The van der Waals surface area contributed by atoms with E-state index in [0.717, 1.165) is 13.1 Å². The first-order chi connectivity index (χ1) is 11.1. The number of halogens is 2. The van der Waals surface area contributed by atoms with Crippen molar-refractivity contribution in [1.82, 2.24) is 9.80 Å². The average Bonchev–Trinajstić information content (AvgIpc) is 2.55. The van der Waals surface area contributed by atoms with Gasteiger partial charge in [-0.3, -0.25) is 4.90 Å². The number of amides is 1. The lowest BCUT2D eigenvalue weighted by atomic mass is 10.2. The zero-order chi connectivity index (χ0) is 16.7. The Labute approximate surface area is 153 Å². The summed E-state index contributed by atoms with van der Waals surface area (Å²) in [4.78, 5) is 15.4. The van der Waals surface area contributed by atoms with E-state index in [2.05, 4.69) is 4.90 Å². The van der Waals surface area contributed by atoms with Crippen molar-refractivity contribution < 1.29 is 19.4 Å². The Morgan fingerprint density at radius 2 is 1.88 bits per heavy atom. The molecule has 1 aliphatic heterocycles. The molecule has 24 heavy (non-hydrogen) atoms. The molecule has 0 aromatic heterocycles. The maximum Gasteiger partial charge on any atom is 0.409 e. The molecule has 1 fully saturated rings. The van der Waals surface area contributed by atoms with E-state index in [1.165, 1.54) is 0 Å². The SMILES string of the molecule is CCOC(=O)N1CCN(CC(O)COc2ccc(Cl)cc2)CC1.Cl. The Morgan fingerprint density at radius 1 is 1.25 bits per heavy atom. The van der Waals surface area contributed by atoms with Crippen LogP contribution in [0.3, 0.4) is 0 Å². The molecule has 1 saturated heterocycles. The molecule has 0 spiro atoms. The highest BCUT2D eigenvalue weighted by molar-refractivity contribution is 6.30. The minimum absolute atomic E-state index is 0. The fourth-order valence-electron chi connectivity index (χ4n) is 2.40. The number of rotatable bonds is 6. The van der Waals surface area contributed by atoms with Crippen LogP contribution in [0.25, 0.3) is 0 Å². The van der Waals surface area contributed by atoms with Crippen molar-refractivity contribution >= 4 is 30.1 Å². The largest absolute Gasteiger partial charge is 0.491 e. The number of aliphatic hydroxyl groups is 1. The molecule has 1 aromatic carbocycles. The molecule has 1 heterocycles. The van der Waals surface area contributed by atoms with Gasteiger partial charge in [0.05, 0.1) is 6.61 Å². The first-order valence-electron chi connectivity index (χ1n) is 7.79. The van der Waals surface area contributed by atoms with E-state index in [9.17, 15) is 9.90 Å². The van der Waals surface area contributed by atoms with Gasteiger partial charge in [0.25, 0.3) is 0 Å². The van der Waals surface area contributed by atoms with Gasteiger partial charge < -0.3 is 19.5 Å². The number of ether oxygens (including phenoxy) is 2. The number of benzene rings is 1. The molecule has 1 atom stereocenters. The monoisotopic (exact) mass is 378 g/mol. The first kappa shape index (κ1) is 20.8. The number of piperazine rings is 1. The highest BCUT2D eigenvalue weighted by Gasteiger charge is 2.23. The van der Waals surface area contributed by atoms with Crippen LogP contribution in [0.1, 0.15) is 6.92 Å². The van der Waals surface area contributed by atoms with Crippen molar-refractivity contribution in [3.63, 3.8) is 0 Å². The number of carbonyl (C=O) groups is 1. The third kappa shape index (κ3) is 6.73. The molecule has 8 heteroatoms. The normalized spacial score (nSPS) is 16.2. The smallest absolute Gasteiger partial charge is 0.409 e. The van der Waals surface area contributed by atoms with Gasteiger partial charge in [-0.05, 0) is 31.2 Å². The molecule has 1 aliphatic rings. The van der Waals surface area contributed by atoms with Crippen molar-refractivity contribution in [2.24, 2.45) is 0 Å². The summed E-state index contributed by atoms with van der Waals surface area (Å²) in [6.45, 7) is 5.59. The number of carbonyl (C=O) groups excluding carboxylic acids is 1. The van der Waals surface area contributed by atoms with Crippen molar-refractivity contribution in [2.45, 2.75) is 13.0 Å². The van der Waals surface area contributed by atoms with Gasteiger partial charge >= 0.3 is 6.09 Å². The van der Waals surface area contributed by atoms with Gasteiger partial charge in [-0.25, -0.2) is 4.79 Å². The summed E-state index contributed by atoms with van der Waals surface area (Å²) in [6, 6.07) is 7.04. The van der Waals surface area contributed by atoms with Gasteiger partial charge in [0, 0.05) is 37.7 Å². The van der Waals surface area contributed by atoms with E-state index in [1.54, 1.807) is 36.1 Å². The van der Waals surface area contributed by atoms with Crippen LogP contribution in [0.4, 0.5) is 4.79 Å². The van der Waals surface area contributed by atoms with Gasteiger partial charge in [0.2, 0.25) is 0 Å². The van der Waals surface area contributed by atoms with Crippen molar-refractivity contribution in [2.75, 3.05) is 45.9 Å². The van der Waals surface area contributed by atoms with Crippen LogP contribution in [0.15, 0.2) is 24.3 Å². The van der Waals surface area contributed by atoms with E-state index in [0.29, 0.717) is 37.0 Å². The van der Waals surface area contributed by atoms with Gasteiger partial charge in [0.15, 0.2) is 0 Å². The van der Waals surface area contributed by atoms with E-state index in [1.807, 2.05) is 0 Å². The van der Waals surface area contributed by atoms with Crippen LogP contribution in [0.2, 0.25) is 5.02 Å². The molecule has 1 N–H and O–H groups in total. The Bertz CT molecular complexity index is 493. The standard InChI is InChI=1S/C16H23ClN2O4.ClH/c1-2-22-16(21)19-9-7-18(8-10-19)11-14(20)12-23-15-5-3-13(17)4-6-15;/h3-6,14,20H,2,7-12H2,1H3;1H. The molecular weight excluding hydrogens is 355 g/mol. The van der Waals surface area contributed by atoms with Crippen LogP contribution >= 0.6 is 24.0 Å². The van der Waals surface area contributed by atoms with Gasteiger partial charge in [-0.15, -0.1) is 12.4 Å². The molecule has 0 radical (unpaired) electrons. The number of β-amino-alcohol motifs (C(OH)–C–C–N with tert-alkyl or cyclic N) is 1. The summed E-state index contributed by atoms with van der Waals surface area (Å²) in [5, 5.41) is 10.7. The minimum Gasteiger partial charge on any atom is -0.491 e. The van der Waals surface area contributed by atoms with Crippen LogP contribution < -0.4 is 4.74 Å². The summed E-state index contributed by atoms with van der Waals surface area (Å²) in [5.41, 5.74) is 0. The molecule has 2 rings (SSSR count). The zero-order valence-corrected chi connectivity index (χ0v) is 15.3. The summed E-state index contributed by atoms with van der Waals surface area (Å²) >= 11 is 5.81. The molecule has 0 saturated carbocycles. The molecule has 1 amide bonds. The summed E-state index contributed by atoms with van der Waals surface area (Å²) in [5.74, 6) is 0.681. The maximum absolute atomic E-state index is 11.6. The molecule has 1 aromatic rings. The lowest BCUT2D eigenvalue weighted by Gasteiger charge is -2.34. The molecule has 0 aliphatic carbocycles. The summed E-state index contributed by atoms with van der Waals surface area (Å²) < 4.78 is 10.5.